The molecule has 0 unspecified atom stereocenters. The molecule has 4 aromatic rings. The van der Waals surface area contributed by atoms with Gasteiger partial charge in [-0.3, -0.25) is 0 Å². The van der Waals surface area contributed by atoms with Crippen molar-refractivity contribution in [1.82, 2.24) is 29.9 Å². The van der Waals surface area contributed by atoms with Crippen LogP contribution in [0.3, 0.4) is 0 Å². The van der Waals surface area contributed by atoms with E-state index in [2.05, 4.69) is 71.6 Å². The lowest BCUT2D eigenvalue weighted by atomic mass is 10.1. The minimum atomic E-state index is 0.214. The molecule has 4 heterocycles. The molecule has 1 aliphatic rings. The molecule has 8 nitrogen and oxygen atoms in total. The van der Waals surface area contributed by atoms with Gasteiger partial charge in [-0.05, 0) is 51.5 Å². The number of aromatic nitrogens is 6. The van der Waals surface area contributed by atoms with E-state index in [1.165, 1.54) is 12.0 Å². The summed E-state index contributed by atoms with van der Waals surface area (Å²) in [5.74, 6) is 1.61. The summed E-state index contributed by atoms with van der Waals surface area (Å²) >= 11 is 0. The summed E-state index contributed by atoms with van der Waals surface area (Å²) in [6.07, 6.45) is 3.15. The van der Waals surface area contributed by atoms with Gasteiger partial charge in [-0.1, -0.05) is 35.0 Å². The van der Waals surface area contributed by atoms with Crippen molar-refractivity contribution in [2.24, 2.45) is 0 Å². The van der Waals surface area contributed by atoms with Crippen molar-refractivity contribution >= 4 is 11.8 Å². The predicted molar refractivity (Wildman–Crippen MR) is 130 cm³/mol. The van der Waals surface area contributed by atoms with Crippen molar-refractivity contribution in [2.45, 2.75) is 39.8 Å². The molecular weight excluding hydrogens is 412 g/mol. The number of aryl methyl sites for hydroxylation is 1. The third kappa shape index (κ3) is 4.84. The molecule has 0 bridgehead atoms. The lowest BCUT2D eigenvalue weighted by Crippen LogP contribution is -2.37. The second-order valence-corrected chi connectivity index (χ2v) is 8.76. The number of hydrogen-bond acceptors (Lipinski definition) is 7. The van der Waals surface area contributed by atoms with E-state index in [1.807, 2.05) is 29.1 Å². The van der Waals surface area contributed by atoms with Gasteiger partial charge in [0.15, 0.2) is 0 Å². The highest BCUT2D eigenvalue weighted by atomic mass is 15.4. The molecule has 1 aromatic carbocycles. The van der Waals surface area contributed by atoms with Gasteiger partial charge in [-0.25, -0.2) is 19.6 Å². The van der Waals surface area contributed by atoms with Gasteiger partial charge in [0.25, 0.3) is 0 Å². The Hall–Kier alpha value is -3.81. The monoisotopic (exact) mass is 440 g/mol. The Labute approximate surface area is 193 Å². The van der Waals surface area contributed by atoms with E-state index in [1.54, 1.807) is 0 Å². The average molecular weight is 441 g/mol. The standard InChI is InChI=1S/C25H28N8/c1-17(2)26-25-28-21(19-8-4-7-18(3)13-19)14-22(29-25)23-16-33(31-30-23)15-20-9-5-10-24(27-20)32-11-6-12-32/h4-5,7-10,13-14,16-17H,6,11-12,15H2,1-3H3,(H,26,28,29). The molecule has 3 aromatic heterocycles. The molecule has 0 spiro atoms. The molecule has 0 atom stereocenters. The predicted octanol–water partition coefficient (Wildman–Crippen LogP) is 4.18. The van der Waals surface area contributed by atoms with E-state index in [9.17, 15) is 0 Å². The van der Waals surface area contributed by atoms with Crippen LogP contribution < -0.4 is 10.2 Å². The second kappa shape index (κ2) is 8.97. The number of rotatable bonds is 7. The van der Waals surface area contributed by atoms with E-state index in [0.717, 1.165) is 41.6 Å². The van der Waals surface area contributed by atoms with Gasteiger partial charge < -0.3 is 10.2 Å². The maximum absolute atomic E-state index is 4.78. The molecular formula is C25H28N8. The van der Waals surface area contributed by atoms with Gasteiger partial charge in [0, 0.05) is 24.7 Å². The highest BCUT2D eigenvalue weighted by Crippen LogP contribution is 2.25. The minimum absolute atomic E-state index is 0.214. The van der Waals surface area contributed by atoms with Crippen molar-refractivity contribution in [3.05, 3.63) is 66.0 Å². The Morgan fingerprint density at radius 1 is 0.939 bits per heavy atom. The van der Waals surface area contributed by atoms with Gasteiger partial charge in [0.2, 0.25) is 5.95 Å². The Morgan fingerprint density at radius 3 is 2.52 bits per heavy atom. The zero-order valence-electron chi connectivity index (χ0n) is 19.2. The minimum Gasteiger partial charge on any atom is -0.356 e. The topological polar surface area (TPSA) is 84.7 Å². The number of nitrogens with one attached hydrogen (secondary N) is 1. The van der Waals surface area contributed by atoms with Crippen molar-refractivity contribution in [3.8, 4) is 22.6 Å². The van der Waals surface area contributed by atoms with Gasteiger partial charge in [0.1, 0.15) is 11.5 Å². The Balaban J connectivity index is 1.44. The molecule has 8 heteroatoms. The first-order valence-corrected chi connectivity index (χ1v) is 11.4. The van der Waals surface area contributed by atoms with Crippen LogP contribution >= 0.6 is 0 Å². The fraction of sp³-hybridized carbons (Fsp3) is 0.320. The molecule has 1 fully saturated rings. The Bertz CT molecular complexity index is 1260. The van der Waals surface area contributed by atoms with Crippen LogP contribution in [0, 0.1) is 6.92 Å². The molecule has 1 N–H and O–H groups in total. The zero-order valence-corrected chi connectivity index (χ0v) is 19.2. The highest BCUT2D eigenvalue weighted by Gasteiger charge is 2.16. The van der Waals surface area contributed by atoms with Gasteiger partial charge in [-0.2, -0.15) is 0 Å². The molecule has 0 saturated carbocycles. The van der Waals surface area contributed by atoms with E-state index >= 15 is 0 Å². The van der Waals surface area contributed by atoms with Crippen LogP contribution in [0.15, 0.2) is 54.7 Å². The van der Waals surface area contributed by atoms with E-state index in [4.69, 9.17) is 15.0 Å². The van der Waals surface area contributed by atoms with E-state index in [-0.39, 0.29) is 6.04 Å². The summed E-state index contributed by atoms with van der Waals surface area (Å²) in [6, 6.07) is 16.6. The first kappa shape index (κ1) is 21.1. The first-order chi connectivity index (χ1) is 16.0. The Kier molecular flexibility index (Phi) is 5.73. The van der Waals surface area contributed by atoms with Crippen LogP contribution in [0.5, 0.6) is 0 Å². The van der Waals surface area contributed by atoms with E-state index < -0.39 is 0 Å². The summed E-state index contributed by atoms with van der Waals surface area (Å²) in [7, 11) is 0. The number of pyridine rings is 1. The SMILES string of the molecule is Cc1cccc(-c2cc(-c3cn(Cc4cccc(N5CCC5)n4)nn3)nc(NC(C)C)n2)c1. The summed E-state index contributed by atoms with van der Waals surface area (Å²) in [4.78, 5) is 16.5. The van der Waals surface area contributed by atoms with Gasteiger partial charge in [-0.15, -0.1) is 5.10 Å². The molecule has 0 radical (unpaired) electrons. The van der Waals surface area contributed by atoms with Crippen LogP contribution in [-0.2, 0) is 6.54 Å². The molecule has 5 rings (SSSR count). The van der Waals surface area contributed by atoms with Gasteiger partial charge in [0.05, 0.1) is 29.8 Å². The van der Waals surface area contributed by atoms with Crippen LogP contribution in [-0.4, -0.2) is 49.1 Å². The molecule has 168 valence electrons. The fourth-order valence-electron chi connectivity index (χ4n) is 3.79. The zero-order chi connectivity index (χ0) is 22.8. The smallest absolute Gasteiger partial charge is 0.224 e. The lowest BCUT2D eigenvalue weighted by Gasteiger charge is -2.32. The van der Waals surface area contributed by atoms with Crippen molar-refractivity contribution in [1.29, 1.82) is 0 Å². The highest BCUT2D eigenvalue weighted by molar-refractivity contribution is 5.68. The number of benzene rings is 1. The molecule has 0 aliphatic carbocycles. The van der Waals surface area contributed by atoms with E-state index in [0.29, 0.717) is 18.2 Å². The number of hydrogen-bond donors (Lipinski definition) is 1. The van der Waals surface area contributed by atoms with Crippen LogP contribution in [0.25, 0.3) is 22.6 Å². The molecule has 0 amide bonds. The summed E-state index contributed by atoms with van der Waals surface area (Å²) in [6.45, 7) is 8.93. The fourth-order valence-corrected chi connectivity index (χ4v) is 3.79. The van der Waals surface area contributed by atoms with Crippen LogP contribution in [0.2, 0.25) is 0 Å². The molecule has 1 saturated heterocycles. The van der Waals surface area contributed by atoms with Crippen LogP contribution in [0.1, 0.15) is 31.5 Å². The van der Waals surface area contributed by atoms with Gasteiger partial charge >= 0.3 is 0 Å². The summed E-state index contributed by atoms with van der Waals surface area (Å²) < 4.78 is 1.81. The first-order valence-electron chi connectivity index (χ1n) is 11.4. The largest absolute Gasteiger partial charge is 0.356 e. The summed E-state index contributed by atoms with van der Waals surface area (Å²) in [5.41, 5.74) is 5.48. The summed E-state index contributed by atoms with van der Waals surface area (Å²) in [5, 5.41) is 12.1. The lowest BCUT2D eigenvalue weighted by molar-refractivity contribution is 0.601. The average Bonchev–Trinajstić information content (AvgIpc) is 3.21. The third-order valence-electron chi connectivity index (χ3n) is 5.55. The third-order valence-corrected chi connectivity index (χ3v) is 5.55. The quantitative estimate of drug-likeness (QED) is 0.461. The molecule has 1 aliphatic heterocycles. The maximum Gasteiger partial charge on any atom is 0.224 e. The number of nitrogens with zero attached hydrogens (tertiary/aromatic N) is 7. The number of anilines is 2. The maximum atomic E-state index is 4.78. The normalized spacial score (nSPS) is 13.3. The van der Waals surface area contributed by atoms with Crippen molar-refractivity contribution in [2.75, 3.05) is 23.3 Å². The Morgan fingerprint density at radius 2 is 1.76 bits per heavy atom. The van der Waals surface area contributed by atoms with Crippen LogP contribution in [0.4, 0.5) is 11.8 Å². The van der Waals surface area contributed by atoms with Crippen molar-refractivity contribution < 1.29 is 0 Å². The second-order valence-electron chi connectivity index (χ2n) is 8.76. The molecule has 33 heavy (non-hydrogen) atoms. The van der Waals surface area contributed by atoms with Crippen molar-refractivity contribution in [3.63, 3.8) is 0 Å².